The molecule has 6 nitrogen and oxygen atoms in total. The number of nitrogens with zero attached hydrogens (tertiary/aromatic N) is 4. The molecule has 2 rings (SSSR count). The van der Waals surface area contributed by atoms with Gasteiger partial charge >= 0.3 is 0 Å². The fraction of sp³-hybridized carbons (Fsp3) is 0.500. The van der Waals surface area contributed by atoms with Crippen LogP contribution < -0.4 is 10.1 Å². The summed E-state index contributed by atoms with van der Waals surface area (Å²) in [6.07, 6.45) is 1.05. The van der Waals surface area contributed by atoms with E-state index in [1.54, 1.807) is 16.4 Å². The van der Waals surface area contributed by atoms with Crippen LogP contribution in [0, 0.1) is 0 Å². The number of hydrogen-bond donors (Lipinski definition) is 1. The summed E-state index contributed by atoms with van der Waals surface area (Å²) in [5.41, 5.74) is 1.21. The summed E-state index contributed by atoms with van der Waals surface area (Å²) < 4.78 is 9.21. The minimum atomic E-state index is 0.646. The van der Waals surface area contributed by atoms with Gasteiger partial charge in [0.15, 0.2) is 0 Å². The van der Waals surface area contributed by atoms with E-state index in [1.807, 2.05) is 14.0 Å². The normalized spacial score (nSPS) is 11.0. The van der Waals surface area contributed by atoms with Gasteiger partial charge in [-0.2, -0.15) is 0 Å². The number of benzene rings is 1. The molecule has 0 aliphatic heterocycles. The van der Waals surface area contributed by atoms with Gasteiger partial charge in [-0.25, -0.2) is 4.68 Å². The molecule has 0 aliphatic carbocycles. The zero-order valence-corrected chi connectivity index (χ0v) is 17.0. The highest BCUT2D eigenvalue weighted by atomic mass is 79.9. The van der Waals surface area contributed by atoms with E-state index in [-0.39, 0.29) is 0 Å². The van der Waals surface area contributed by atoms with Crippen LogP contribution in [0.1, 0.15) is 18.9 Å². The molecule has 1 aromatic heterocycles. The van der Waals surface area contributed by atoms with E-state index in [2.05, 4.69) is 64.8 Å². The zero-order chi connectivity index (χ0) is 16.7. The van der Waals surface area contributed by atoms with Gasteiger partial charge in [-0.1, -0.05) is 11.8 Å². The van der Waals surface area contributed by atoms with Crippen LogP contribution in [0.3, 0.4) is 0 Å². The molecule has 1 aromatic carbocycles. The molecule has 9 heteroatoms. The molecular weight excluding hydrogens is 446 g/mol. The lowest BCUT2D eigenvalue weighted by Gasteiger charge is -2.11. The van der Waals surface area contributed by atoms with Gasteiger partial charge in [0, 0.05) is 19.3 Å². The number of ether oxygens (including phenoxy) is 1. The van der Waals surface area contributed by atoms with Crippen LogP contribution in [-0.4, -0.2) is 39.1 Å². The van der Waals surface area contributed by atoms with Gasteiger partial charge in [-0.05, 0) is 79.9 Å². The summed E-state index contributed by atoms with van der Waals surface area (Å²) in [4.78, 5) is 0. The Hall–Kier alpha value is -0.640. The number of tetrazole rings is 1. The molecule has 0 bridgehead atoms. The summed E-state index contributed by atoms with van der Waals surface area (Å²) in [7, 11) is 1.85. The number of halogens is 2. The first-order valence-corrected chi connectivity index (χ1v) is 9.85. The molecule has 0 radical (unpaired) electrons. The van der Waals surface area contributed by atoms with Crippen LogP contribution >= 0.6 is 43.6 Å². The fourth-order valence-electron chi connectivity index (χ4n) is 1.93. The van der Waals surface area contributed by atoms with Crippen molar-refractivity contribution >= 4 is 43.6 Å². The third kappa shape index (κ3) is 5.74. The van der Waals surface area contributed by atoms with E-state index in [1.165, 1.54) is 5.56 Å². The smallest absolute Gasteiger partial charge is 0.209 e. The van der Waals surface area contributed by atoms with Crippen molar-refractivity contribution in [1.82, 2.24) is 25.5 Å². The Balaban J connectivity index is 1.71. The standard InChI is InChI=1S/C14H19Br2N5OS/c1-3-22-13-11(15)7-10(8-12(13)16)9-17-5-4-6-23-14-18-19-20-21(14)2/h7-8,17H,3-6,9H2,1-2H3. The molecule has 0 saturated heterocycles. The van der Waals surface area contributed by atoms with Crippen LogP contribution in [0.15, 0.2) is 26.2 Å². The van der Waals surface area contributed by atoms with E-state index < -0.39 is 0 Å². The molecule has 1 N–H and O–H groups in total. The molecule has 0 amide bonds. The third-order valence-corrected chi connectivity index (χ3v) is 5.26. The van der Waals surface area contributed by atoms with Crippen molar-refractivity contribution in [1.29, 1.82) is 0 Å². The van der Waals surface area contributed by atoms with Crippen molar-refractivity contribution in [3.05, 3.63) is 26.6 Å². The van der Waals surface area contributed by atoms with Crippen LogP contribution in [0.2, 0.25) is 0 Å². The SMILES string of the molecule is CCOc1c(Br)cc(CNCCCSc2nnnn2C)cc1Br. The molecule has 23 heavy (non-hydrogen) atoms. The molecule has 0 aliphatic rings. The molecule has 0 atom stereocenters. The monoisotopic (exact) mass is 463 g/mol. The molecular formula is C14H19Br2N5OS. The van der Waals surface area contributed by atoms with Gasteiger partial charge in [0.05, 0.1) is 15.6 Å². The number of aromatic nitrogens is 4. The number of aryl methyl sites for hydroxylation is 1. The molecule has 0 fully saturated rings. The summed E-state index contributed by atoms with van der Waals surface area (Å²) in [5, 5.41) is 15.7. The largest absolute Gasteiger partial charge is 0.492 e. The number of thioether (sulfide) groups is 1. The second kappa shape index (κ2) is 9.61. The van der Waals surface area contributed by atoms with E-state index in [9.17, 15) is 0 Å². The van der Waals surface area contributed by atoms with Crippen molar-refractivity contribution in [2.24, 2.45) is 7.05 Å². The first-order valence-electron chi connectivity index (χ1n) is 7.28. The quantitative estimate of drug-likeness (QED) is 0.453. The predicted molar refractivity (Wildman–Crippen MR) is 98.9 cm³/mol. The Kier molecular flexibility index (Phi) is 7.81. The van der Waals surface area contributed by atoms with Crippen molar-refractivity contribution in [2.45, 2.75) is 25.0 Å². The summed E-state index contributed by atoms with van der Waals surface area (Å²) in [6.45, 7) is 4.39. The molecule has 2 aromatic rings. The summed E-state index contributed by atoms with van der Waals surface area (Å²) in [5.74, 6) is 1.84. The minimum absolute atomic E-state index is 0.646. The maximum absolute atomic E-state index is 5.59. The van der Waals surface area contributed by atoms with Crippen LogP contribution in [0.4, 0.5) is 0 Å². The minimum Gasteiger partial charge on any atom is -0.492 e. The first kappa shape index (κ1) is 18.7. The van der Waals surface area contributed by atoms with E-state index in [0.717, 1.165) is 45.1 Å². The number of nitrogens with one attached hydrogen (secondary N) is 1. The van der Waals surface area contributed by atoms with Crippen molar-refractivity contribution in [3.8, 4) is 5.75 Å². The second-order valence-corrected chi connectivity index (χ2v) is 7.56. The summed E-state index contributed by atoms with van der Waals surface area (Å²) in [6, 6.07) is 4.17. The Morgan fingerprint density at radius 1 is 1.30 bits per heavy atom. The van der Waals surface area contributed by atoms with Gasteiger partial charge in [0.2, 0.25) is 5.16 Å². The Bertz CT molecular complexity index is 614. The van der Waals surface area contributed by atoms with E-state index in [0.29, 0.717) is 6.61 Å². The molecule has 1 heterocycles. The van der Waals surface area contributed by atoms with Gasteiger partial charge < -0.3 is 10.1 Å². The molecule has 0 unspecified atom stereocenters. The zero-order valence-electron chi connectivity index (χ0n) is 13.1. The van der Waals surface area contributed by atoms with Crippen molar-refractivity contribution < 1.29 is 4.74 Å². The Morgan fingerprint density at radius 3 is 2.65 bits per heavy atom. The van der Waals surface area contributed by atoms with Gasteiger partial charge in [0.1, 0.15) is 5.75 Å². The predicted octanol–water partition coefficient (Wildman–Crippen LogP) is 3.41. The highest BCUT2D eigenvalue weighted by Crippen LogP contribution is 2.34. The maximum atomic E-state index is 5.59. The average molecular weight is 465 g/mol. The molecule has 126 valence electrons. The average Bonchev–Trinajstić information content (AvgIpc) is 2.92. The highest BCUT2D eigenvalue weighted by molar-refractivity contribution is 9.11. The third-order valence-electron chi connectivity index (χ3n) is 2.99. The lowest BCUT2D eigenvalue weighted by atomic mass is 10.2. The van der Waals surface area contributed by atoms with Gasteiger partial charge in [-0.3, -0.25) is 0 Å². The fourth-order valence-corrected chi connectivity index (χ4v) is 4.23. The lowest BCUT2D eigenvalue weighted by Crippen LogP contribution is -2.15. The number of rotatable bonds is 9. The first-order chi connectivity index (χ1) is 11.1. The van der Waals surface area contributed by atoms with Crippen molar-refractivity contribution in [2.75, 3.05) is 18.9 Å². The van der Waals surface area contributed by atoms with E-state index in [4.69, 9.17) is 4.74 Å². The Labute approximate surface area is 157 Å². The molecule has 0 spiro atoms. The number of hydrogen-bond acceptors (Lipinski definition) is 6. The topological polar surface area (TPSA) is 64.9 Å². The molecule has 0 saturated carbocycles. The van der Waals surface area contributed by atoms with Gasteiger partial charge in [0.25, 0.3) is 0 Å². The summed E-state index contributed by atoms with van der Waals surface area (Å²) >= 11 is 8.78. The van der Waals surface area contributed by atoms with Crippen LogP contribution in [-0.2, 0) is 13.6 Å². The second-order valence-electron chi connectivity index (χ2n) is 4.79. The van der Waals surface area contributed by atoms with Crippen molar-refractivity contribution in [3.63, 3.8) is 0 Å². The lowest BCUT2D eigenvalue weighted by molar-refractivity contribution is 0.336. The van der Waals surface area contributed by atoms with E-state index >= 15 is 0 Å². The van der Waals surface area contributed by atoms with Crippen LogP contribution in [0.5, 0.6) is 5.75 Å². The highest BCUT2D eigenvalue weighted by Gasteiger charge is 2.08. The van der Waals surface area contributed by atoms with Gasteiger partial charge in [-0.15, -0.1) is 5.10 Å². The van der Waals surface area contributed by atoms with Crippen LogP contribution in [0.25, 0.3) is 0 Å². The maximum Gasteiger partial charge on any atom is 0.209 e. The Morgan fingerprint density at radius 2 is 2.04 bits per heavy atom.